The highest BCUT2D eigenvalue weighted by molar-refractivity contribution is 7.09. The maximum absolute atomic E-state index is 13.3. The summed E-state index contributed by atoms with van der Waals surface area (Å²) in [5, 5.41) is 0. The first-order valence-corrected chi connectivity index (χ1v) is 5.76. The molecule has 0 aliphatic carbocycles. The summed E-state index contributed by atoms with van der Waals surface area (Å²) in [6.45, 7) is 0. The Morgan fingerprint density at radius 3 is 2.81 bits per heavy atom. The van der Waals surface area contributed by atoms with Crippen molar-refractivity contribution in [2.75, 3.05) is 0 Å². The van der Waals surface area contributed by atoms with Crippen LogP contribution in [-0.4, -0.2) is 10.8 Å². The fraction of sp³-hybridized carbons (Fsp3) is 0.167. The van der Waals surface area contributed by atoms with Crippen molar-refractivity contribution in [2.45, 2.75) is 12.8 Å². The summed E-state index contributed by atoms with van der Waals surface area (Å²) in [4.78, 5) is 16.5. The summed E-state index contributed by atoms with van der Waals surface area (Å²) in [6.07, 6.45) is 2.15. The molecule has 0 bridgehead atoms. The summed E-state index contributed by atoms with van der Waals surface area (Å²) >= 11 is 1.44. The van der Waals surface area contributed by atoms with Crippen LogP contribution >= 0.6 is 11.3 Å². The van der Waals surface area contributed by atoms with E-state index < -0.39 is 0 Å². The van der Waals surface area contributed by atoms with Gasteiger partial charge < -0.3 is 0 Å². The Kier molecular flexibility index (Phi) is 3.41. The maximum atomic E-state index is 13.3. The van der Waals surface area contributed by atoms with Gasteiger partial charge in [-0.2, -0.15) is 0 Å². The summed E-state index contributed by atoms with van der Waals surface area (Å²) in [5.74, 6) is -0.311. The molecule has 0 saturated carbocycles. The number of hydrogen-bond acceptors (Lipinski definition) is 3. The van der Waals surface area contributed by atoms with Crippen molar-refractivity contribution in [3.63, 3.8) is 0 Å². The van der Waals surface area contributed by atoms with E-state index in [1.807, 2.05) is 0 Å². The molecule has 0 atom stereocenters. The Morgan fingerprint density at radius 1 is 1.31 bits per heavy atom. The van der Waals surface area contributed by atoms with Gasteiger partial charge in [-0.1, -0.05) is 18.2 Å². The smallest absolute Gasteiger partial charge is 0.142 e. The lowest BCUT2D eigenvalue weighted by Crippen LogP contribution is -2.06. The lowest BCUT2D eigenvalue weighted by molar-refractivity contribution is -0.117. The fourth-order valence-corrected chi connectivity index (χ4v) is 2.06. The minimum Gasteiger partial charge on any atom is -0.299 e. The number of aromatic nitrogens is 1. The van der Waals surface area contributed by atoms with Crippen molar-refractivity contribution in [1.29, 1.82) is 0 Å². The van der Waals surface area contributed by atoms with Gasteiger partial charge in [0.25, 0.3) is 0 Å². The molecule has 0 saturated heterocycles. The minimum absolute atomic E-state index is 0.00866. The van der Waals surface area contributed by atoms with Crippen molar-refractivity contribution in [3.05, 3.63) is 52.2 Å². The van der Waals surface area contributed by atoms with Gasteiger partial charge in [-0.3, -0.25) is 9.78 Å². The zero-order chi connectivity index (χ0) is 11.4. The van der Waals surface area contributed by atoms with Crippen LogP contribution in [0, 0.1) is 5.82 Å². The Bertz CT molecular complexity index is 482. The van der Waals surface area contributed by atoms with Crippen LogP contribution in [0.2, 0.25) is 0 Å². The molecule has 1 aromatic carbocycles. The highest BCUT2D eigenvalue weighted by atomic mass is 32.1. The van der Waals surface area contributed by atoms with E-state index >= 15 is 0 Å². The summed E-state index contributed by atoms with van der Waals surface area (Å²) in [6, 6.07) is 6.36. The third-order valence-corrected chi connectivity index (χ3v) is 2.98. The normalized spacial score (nSPS) is 10.3. The second-order valence-corrected chi connectivity index (χ2v) is 4.42. The lowest BCUT2D eigenvalue weighted by atomic mass is 10.1. The molecule has 16 heavy (non-hydrogen) atoms. The molecule has 0 aliphatic rings. The Balaban J connectivity index is 2.00. The van der Waals surface area contributed by atoms with Crippen molar-refractivity contribution in [1.82, 2.24) is 4.98 Å². The molecule has 0 unspecified atom stereocenters. The van der Waals surface area contributed by atoms with E-state index in [0.29, 0.717) is 12.0 Å². The quantitative estimate of drug-likeness (QED) is 0.815. The first kappa shape index (κ1) is 11.0. The fourth-order valence-electron chi connectivity index (χ4n) is 1.44. The summed E-state index contributed by atoms with van der Waals surface area (Å²) < 4.78 is 13.3. The van der Waals surface area contributed by atoms with E-state index in [0.717, 1.165) is 4.88 Å². The van der Waals surface area contributed by atoms with Gasteiger partial charge in [0.15, 0.2) is 0 Å². The van der Waals surface area contributed by atoms with Crippen molar-refractivity contribution >= 4 is 17.1 Å². The molecular formula is C12H10FNOS. The molecule has 1 aromatic heterocycles. The molecule has 0 aliphatic heterocycles. The van der Waals surface area contributed by atoms with E-state index in [1.54, 1.807) is 29.9 Å². The number of carbonyl (C=O) groups is 1. The van der Waals surface area contributed by atoms with Gasteiger partial charge in [-0.25, -0.2) is 4.39 Å². The first-order valence-electron chi connectivity index (χ1n) is 4.88. The van der Waals surface area contributed by atoms with Gasteiger partial charge in [0.1, 0.15) is 11.6 Å². The molecule has 0 spiro atoms. The summed E-state index contributed by atoms with van der Waals surface area (Å²) in [7, 11) is 0. The Hall–Kier alpha value is -1.55. The highest BCUT2D eigenvalue weighted by Crippen LogP contribution is 2.11. The number of ketones is 1. The van der Waals surface area contributed by atoms with Crippen LogP contribution in [0.1, 0.15) is 10.4 Å². The molecule has 0 fully saturated rings. The van der Waals surface area contributed by atoms with E-state index in [-0.39, 0.29) is 18.0 Å². The van der Waals surface area contributed by atoms with Crippen LogP contribution in [0.15, 0.2) is 36.0 Å². The molecule has 1 heterocycles. The van der Waals surface area contributed by atoms with E-state index in [2.05, 4.69) is 4.98 Å². The number of hydrogen-bond donors (Lipinski definition) is 0. The summed E-state index contributed by atoms with van der Waals surface area (Å²) in [5.41, 5.74) is 2.14. The molecule has 2 nitrogen and oxygen atoms in total. The monoisotopic (exact) mass is 235 g/mol. The number of halogens is 1. The SMILES string of the molecule is O=C(Cc1cncs1)Cc1ccccc1F. The van der Waals surface area contributed by atoms with Gasteiger partial charge in [0.05, 0.1) is 5.51 Å². The van der Waals surface area contributed by atoms with Crippen LogP contribution in [0.25, 0.3) is 0 Å². The largest absolute Gasteiger partial charge is 0.299 e. The molecular weight excluding hydrogens is 225 g/mol. The van der Waals surface area contributed by atoms with Crippen LogP contribution in [0.5, 0.6) is 0 Å². The maximum Gasteiger partial charge on any atom is 0.142 e. The second-order valence-electron chi connectivity index (χ2n) is 3.45. The third-order valence-electron chi connectivity index (χ3n) is 2.20. The average Bonchev–Trinajstić information content (AvgIpc) is 2.74. The second kappa shape index (κ2) is 4.99. The van der Waals surface area contributed by atoms with Crippen molar-refractivity contribution < 1.29 is 9.18 Å². The third kappa shape index (κ3) is 2.73. The lowest BCUT2D eigenvalue weighted by Gasteiger charge is -2.01. The van der Waals surface area contributed by atoms with Gasteiger partial charge >= 0.3 is 0 Å². The van der Waals surface area contributed by atoms with Crippen molar-refractivity contribution in [3.8, 4) is 0 Å². The molecule has 82 valence electrons. The highest BCUT2D eigenvalue weighted by Gasteiger charge is 2.09. The first-order chi connectivity index (χ1) is 7.75. The van der Waals surface area contributed by atoms with Gasteiger partial charge in [-0.15, -0.1) is 11.3 Å². The van der Waals surface area contributed by atoms with Crippen molar-refractivity contribution in [2.24, 2.45) is 0 Å². The van der Waals surface area contributed by atoms with E-state index in [1.165, 1.54) is 17.4 Å². The molecule has 0 amide bonds. The number of rotatable bonds is 4. The molecule has 2 rings (SSSR count). The van der Waals surface area contributed by atoms with Gasteiger partial charge in [-0.05, 0) is 11.6 Å². The number of Topliss-reactive ketones (excluding diaryl/α,β-unsaturated/α-hetero) is 1. The van der Waals surface area contributed by atoms with Crippen LogP contribution in [0.3, 0.4) is 0 Å². The van der Waals surface area contributed by atoms with Gasteiger partial charge in [0.2, 0.25) is 0 Å². The topological polar surface area (TPSA) is 30.0 Å². The zero-order valence-corrected chi connectivity index (χ0v) is 9.34. The average molecular weight is 235 g/mol. The van der Waals surface area contributed by atoms with E-state index in [4.69, 9.17) is 0 Å². The molecule has 4 heteroatoms. The molecule has 2 aromatic rings. The zero-order valence-electron chi connectivity index (χ0n) is 8.52. The number of nitrogens with zero attached hydrogens (tertiary/aromatic N) is 1. The number of thiazole rings is 1. The Labute approximate surface area is 96.8 Å². The van der Waals surface area contributed by atoms with E-state index in [9.17, 15) is 9.18 Å². The minimum atomic E-state index is -0.319. The number of benzene rings is 1. The standard InChI is InChI=1S/C12H10FNOS/c13-12-4-2-1-3-9(12)5-10(15)6-11-7-14-8-16-11/h1-4,7-8H,5-6H2. The predicted octanol–water partition coefficient (Wildman–Crippen LogP) is 2.64. The van der Waals surface area contributed by atoms with Crippen LogP contribution < -0.4 is 0 Å². The molecule has 0 N–H and O–H groups in total. The Morgan fingerprint density at radius 2 is 2.12 bits per heavy atom. The number of carbonyl (C=O) groups excluding carboxylic acids is 1. The predicted molar refractivity (Wildman–Crippen MR) is 60.9 cm³/mol. The van der Waals surface area contributed by atoms with Crippen LogP contribution in [-0.2, 0) is 17.6 Å². The molecule has 0 radical (unpaired) electrons. The van der Waals surface area contributed by atoms with Gasteiger partial charge in [0, 0.05) is 23.9 Å². The van der Waals surface area contributed by atoms with Crippen LogP contribution in [0.4, 0.5) is 4.39 Å².